The van der Waals surface area contributed by atoms with E-state index in [0.717, 1.165) is 5.56 Å². The Morgan fingerprint density at radius 2 is 1.76 bits per heavy atom. The Bertz CT molecular complexity index is 1210. The Balaban J connectivity index is 1.44. The van der Waals surface area contributed by atoms with E-state index < -0.39 is 22.0 Å². The molecule has 0 saturated heterocycles. The fraction of sp³-hybridized carbons (Fsp3) is 0.208. The minimum absolute atomic E-state index is 0.117. The molecule has 3 aromatic rings. The first-order valence-electron chi connectivity index (χ1n) is 10.4. The van der Waals surface area contributed by atoms with Gasteiger partial charge in [-0.1, -0.05) is 60.1 Å². The molecule has 0 radical (unpaired) electrons. The SMILES string of the molecule is O=C(NCCOCc1ccccc1)[C@@H]1CN(S(=O)(=O)c2ccccc2)c2cc(Cl)ccc2O1. The highest BCUT2D eigenvalue weighted by Gasteiger charge is 2.37. The molecule has 1 N–H and O–H groups in total. The van der Waals surface area contributed by atoms with Crippen LogP contribution in [0.5, 0.6) is 5.75 Å². The van der Waals surface area contributed by atoms with Crippen LogP contribution < -0.4 is 14.4 Å². The van der Waals surface area contributed by atoms with E-state index in [4.69, 9.17) is 21.1 Å². The first-order chi connectivity index (χ1) is 15.9. The zero-order valence-corrected chi connectivity index (χ0v) is 19.3. The molecule has 1 atom stereocenters. The molecule has 9 heteroatoms. The van der Waals surface area contributed by atoms with Gasteiger partial charge in [0.05, 0.1) is 30.3 Å². The highest BCUT2D eigenvalue weighted by atomic mass is 35.5. The van der Waals surface area contributed by atoms with E-state index in [-0.39, 0.29) is 23.7 Å². The molecule has 1 amide bonds. The predicted molar refractivity (Wildman–Crippen MR) is 126 cm³/mol. The van der Waals surface area contributed by atoms with E-state index in [9.17, 15) is 13.2 Å². The summed E-state index contributed by atoms with van der Waals surface area (Å²) in [6.07, 6.45) is -1.02. The number of rotatable bonds is 8. The lowest BCUT2D eigenvalue weighted by molar-refractivity contribution is -0.128. The van der Waals surface area contributed by atoms with Crippen LogP contribution in [0, 0.1) is 0 Å². The van der Waals surface area contributed by atoms with Gasteiger partial charge in [0.25, 0.3) is 15.9 Å². The van der Waals surface area contributed by atoms with Crippen LogP contribution >= 0.6 is 11.6 Å². The van der Waals surface area contributed by atoms with Crippen LogP contribution in [0.4, 0.5) is 5.69 Å². The molecule has 3 aromatic carbocycles. The van der Waals surface area contributed by atoms with Gasteiger partial charge in [0.2, 0.25) is 0 Å². The second-order valence-corrected chi connectivity index (χ2v) is 9.70. The number of sulfonamides is 1. The first kappa shape index (κ1) is 23.1. The minimum atomic E-state index is -3.93. The van der Waals surface area contributed by atoms with Crippen LogP contribution in [0.1, 0.15) is 5.56 Å². The molecule has 4 rings (SSSR count). The molecule has 0 unspecified atom stereocenters. The van der Waals surface area contributed by atoms with Gasteiger partial charge in [-0.05, 0) is 35.9 Å². The van der Waals surface area contributed by atoms with Gasteiger partial charge in [-0.3, -0.25) is 9.10 Å². The van der Waals surface area contributed by atoms with Crippen molar-refractivity contribution in [3.63, 3.8) is 0 Å². The molecule has 0 aliphatic carbocycles. The Morgan fingerprint density at radius 1 is 1.06 bits per heavy atom. The number of hydrogen-bond donors (Lipinski definition) is 1. The Labute approximate surface area is 197 Å². The van der Waals surface area contributed by atoms with Gasteiger partial charge >= 0.3 is 0 Å². The maximum Gasteiger partial charge on any atom is 0.264 e. The number of benzene rings is 3. The van der Waals surface area contributed by atoms with E-state index in [1.54, 1.807) is 30.3 Å². The normalized spacial score (nSPS) is 15.4. The summed E-state index contributed by atoms with van der Waals surface area (Å²) in [5.74, 6) is -0.155. The van der Waals surface area contributed by atoms with Gasteiger partial charge in [0.15, 0.2) is 6.10 Å². The number of carbonyl (C=O) groups is 1. The molecular weight excluding hydrogens is 464 g/mol. The Hall–Kier alpha value is -3.07. The van der Waals surface area contributed by atoms with Crippen LogP contribution in [0.25, 0.3) is 0 Å². The number of anilines is 1. The highest BCUT2D eigenvalue weighted by Crippen LogP contribution is 2.38. The fourth-order valence-electron chi connectivity index (χ4n) is 3.43. The second kappa shape index (κ2) is 10.2. The standard InChI is InChI=1S/C24H23ClN2O5S/c25-19-11-12-22-21(15-19)27(33(29,30)20-9-5-2-6-10-20)16-23(32-22)24(28)26-13-14-31-17-18-7-3-1-4-8-18/h1-12,15,23H,13-14,16-17H2,(H,26,28)/t23-/m0/s1. The maximum atomic E-state index is 13.3. The maximum absolute atomic E-state index is 13.3. The largest absolute Gasteiger partial charge is 0.476 e. The number of halogens is 1. The third kappa shape index (κ3) is 5.47. The average molecular weight is 487 g/mol. The van der Waals surface area contributed by atoms with E-state index >= 15 is 0 Å². The summed E-state index contributed by atoms with van der Waals surface area (Å²) >= 11 is 6.11. The molecule has 0 spiro atoms. The summed E-state index contributed by atoms with van der Waals surface area (Å²) in [5, 5.41) is 3.12. The van der Waals surface area contributed by atoms with Gasteiger partial charge < -0.3 is 14.8 Å². The first-order valence-corrected chi connectivity index (χ1v) is 12.2. The summed E-state index contributed by atoms with van der Waals surface area (Å²) in [6.45, 7) is 0.838. The molecule has 1 aliphatic rings. The van der Waals surface area contributed by atoms with Crippen molar-refractivity contribution in [3.05, 3.63) is 89.4 Å². The van der Waals surface area contributed by atoms with Gasteiger partial charge in [-0.15, -0.1) is 0 Å². The molecule has 0 fully saturated rings. The highest BCUT2D eigenvalue weighted by molar-refractivity contribution is 7.92. The number of amides is 1. The summed E-state index contributed by atoms with van der Waals surface area (Å²) in [7, 11) is -3.93. The van der Waals surface area contributed by atoms with Crippen LogP contribution in [0.2, 0.25) is 5.02 Å². The number of fused-ring (bicyclic) bond motifs is 1. The van der Waals surface area contributed by atoms with E-state index in [2.05, 4.69) is 5.32 Å². The molecular formula is C24H23ClN2O5S. The zero-order chi connectivity index (χ0) is 23.3. The molecule has 33 heavy (non-hydrogen) atoms. The van der Waals surface area contributed by atoms with Crippen LogP contribution in [-0.4, -0.2) is 40.1 Å². The number of nitrogens with zero attached hydrogens (tertiary/aromatic N) is 1. The molecule has 172 valence electrons. The third-order valence-electron chi connectivity index (χ3n) is 5.07. The zero-order valence-electron chi connectivity index (χ0n) is 17.7. The number of nitrogens with one attached hydrogen (secondary N) is 1. The molecule has 1 aliphatic heterocycles. The monoisotopic (exact) mass is 486 g/mol. The second-order valence-electron chi connectivity index (χ2n) is 7.40. The van der Waals surface area contributed by atoms with Crippen molar-refractivity contribution in [2.75, 3.05) is 24.0 Å². The lowest BCUT2D eigenvalue weighted by Gasteiger charge is -2.34. The number of hydrogen-bond acceptors (Lipinski definition) is 5. The smallest absolute Gasteiger partial charge is 0.264 e. The van der Waals surface area contributed by atoms with Crippen molar-refractivity contribution in [2.24, 2.45) is 0 Å². The van der Waals surface area contributed by atoms with E-state index in [1.165, 1.54) is 22.5 Å². The van der Waals surface area contributed by atoms with Gasteiger partial charge in [-0.25, -0.2) is 8.42 Å². The van der Waals surface area contributed by atoms with Gasteiger partial charge in [0.1, 0.15) is 5.75 Å². The topological polar surface area (TPSA) is 84.9 Å². The van der Waals surface area contributed by atoms with Crippen molar-refractivity contribution in [1.82, 2.24) is 5.32 Å². The van der Waals surface area contributed by atoms with Crippen molar-refractivity contribution >= 4 is 33.2 Å². The summed E-state index contributed by atoms with van der Waals surface area (Å²) in [5.41, 5.74) is 1.33. The summed E-state index contributed by atoms with van der Waals surface area (Å²) < 4.78 is 39.3. The summed E-state index contributed by atoms with van der Waals surface area (Å²) in [4.78, 5) is 12.9. The molecule has 1 heterocycles. The van der Waals surface area contributed by atoms with Crippen LogP contribution in [-0.2, 0) is 26.2 Å². The van der Waals surface area contributed by atoms with E-state index in [1.807, 2.05) is 30.3 Å². The Morgan fingerprint density at radius 3 is 2.48 bits per heavy atom. The van der Waals surface area contributed by atoms with Gasteiger partial charge in [-0.2, -0.15) is 0 Å². The molecule has 0 bridgehead atoms. The van der Waals surface area contributed by atoms with Crippen LogP contribution in [0.15, 0.2) is 83.8 Å². The molecule has 0 aromatic heterocycles. The van der Waals surface area contributed by atoms with Crippen molar-refractivity contribution < 1.29 is 22.7 Å². The lowest BCUT2D eigenvalue weighted by atomic mass is 10.2. The third-order valence-corrected chi connectivity index (χ3v) is 7.10. The fourth-order valence-corrected chi connectivity index (χ4v) is 5.09. The van der Waals surface area contributed by atoms with Crippen molar-refractivity contribution in [2.45, 2.75) is 17.6 Å². The van der Waals surface area contributed by atoms with Crippen molar-refractivity contribution in [1.29, 1.82) is 0 Å². The quantitative estimate of drug-likeness (QED) is 0.491. The Kier molecular flexibility index (Phi) is 7.17. The molecule has 7 nitrogen and oxygen atoms in total. The minimum Gasteiger partial charge on any atom is -0.476 e. The van der Waals surface area contributed by atoms with Crippen LogP contribution in [0.3, 0.4) is 0 Å². The predicted octanol–water partition coefficient (Wildman–Crippen LogP) is 3.63. The molecule has 0 saturated carbocycles. The average Bonchev–Trinajstić information content (AvgIpc) is 2.84. The van der Waals surface area contributed by atoms with Crippen molar-refractivity contribution in [3.8, 4) is 5.75 Å². The number of ether oxygens (including phenoxy) is 2. The van der Waals surface area contributed by atoms with E-state index in [0.29, 0.717) is 23.9 Å². The summed E-state index contributed by atoms with van der Waals surface area (Å²) in [6, 6.07) is 22.4. The van der Waals surface area contributed by atoms with Gasteiger partial charge in [0, 0.05) is 11.6 Å². The lowest BCUT2D eigenvalue weighted by Crippen LogP contribution is -2.51. The number of carbonyl (C=O) groups excluding carboxylic acids is 1.